The molecule has 3 rings (SSSR count). The number of nitro groups is 1. The normalized spacial score (nSPS) is 10.5. The van der Waals surface area contributed by atoms with E-state index in [-0.39, 0.29) is 17.3 Å². The molecule has 1 amide bonds. The Morgan fingerprint density at radius 2 is 1.74 bits per heavy atom. The van der Waals surface area contributed by atoms with Gasteiger partial charge in [-0.3, -0.25) is 14.9 Å². The second-order valence-electron chi connectivity index (χ2n) is 5.29. The molecule has 0 aromatic heterocycles. The van der Waals surface area contributed by atoms with Gasteiger partial charge in [0.15, 0.2) is 0 Å². The molecule has 114 valence electrons. The predicted octanol–water partition coefficient (Wildman–Crippen LogP) is 4.31. The topological polar surface area (TPSA) is 72.2 Å². The summed E-state index contributed by atoms with van der Waals surface area (Å²) in [4.78, 5) is 23.0. The summed E-state index contributed by atoms with van der Waals surface area (Å²) >= 11 is 0. The molecule has 0 aliphatic rings. The first kappa shape index (κ1) is 14.7. The van der Waals surface area contributed by atoms with Gasteiger partial charge in [0.1, 0.15) is 5.69 Å². The highest BCUT2D eigenvalue weighted by Crippen LogP contribution is 2.26. The maximum Gasteiger partial charge on any atom is 0.293 e. The number of hydrogen-bond acceptors (Lipinski definition) is 3. The quantitative estimate of drug-likeness (QED) is 0.579. The van der Waals surface area contributed by atoms with Crippen LogP contribution in [0.2, 0.25) is 0 Å². The van der Waals surface area contributed by atoms with Crippen LogP contribution in [0.4, 0.5) is 11.4 Å². The van der Waals surface area contributed by atoms with Crippen molar-refractivity contribution in [2.75, 3.05) is 5.32 Å². The van der Waals surface area contributed by atoms with Gasteiger partial charge in [-0.15, -0.1) is 0 Å². The van der Waals surface area contributed by atoms with Crippen LogP contribution in [0.1, 0.15) is 15.9 Å². The van der Waals surface area contributed by atoms with Gasteiger partial charge in [-0.05, 0) is 41.5 Å². The van der Waals surface area contributed by atoms with Crippen molar-refractivity contribution in [2.24, 2.45) is 0 Å². The number of fused-ring (bicyclic) bond motifs is 1. The lowest BCUT2D eigenvalue weighted by molar-refractivity contribution is -0.384. The molecule has 0 heterocycles. The van der Waals surface area contributed by atoms with Gasteiger partial charge in [-0.2, -0.15) is 0 Å². The van der Waals surface area contributed by atoms with E-state index in [4.69, 9.17) is 0 Å². The van der Waals surface area contributed by atoms with E-state index in [1.807, 2.05) is 30.3 Å². The first-order chi connectivity index (χ1) is 11.0. The van der Waals surface area contributed by atoms with E-state index < -0.39 is 4.92 Å². The van der Waals surface area contributed by atoms with E-state index in [0.717, 1.165) is 16.3 Å². The first-order valence-electron chi connectivity index (χ1n) is 7.10. The molecular formula is C18H14N2O3. The van der Waals surface area contributed by atoms with Crippen molar-refractivity contribution in [1.29, 1.82) is 0 Å². The van der Waals surface area contributed by atoms with Crippen molar-refractivity contribution >= 4 is 28.1 Å². The summed E-state index contributed by atoms with van der Waals surface area (Å²) in [5.41, 5.74) is 1.30. The Kier molecular flexibility index (Phi) is 3.76. The van der Waals surface area contributed by atoms with Crippen LogP contribution in [0.15, 0.2) is 60.7 Å². The molecule has 0 saturated carbocycles. The van der Waals surface area contributed by atoms with Crippen LogP contribution in [-0.2, 0) is 0 Å². The highest BCUT2D eigenvalue weighted by molar-refractivity contribution is 6.07. The molecule has 5 nitrogen and oxygen atoms in total. The Balaban J connectivity index is 1.93. The van der Waals surface area contributed by atoms with Gasteiger partial charge >= 0.3 is 0 Å². The van der Waals surface area contributed by atoms with E-state index in [2.05, 4.69) is 5.32 Å². The fraction of sp³-hybridized carbons (Fsp3) is 0.0556. The van der Waals surface area contributed by atoms with Crippen LogP contribution in [0, 0.1) is 17.0 Å². The van der Waals surface area contributed by atoms with Crippen molar-refractivity contribution in [1.82, 2.24) is 0 Å². The van der Waals surface area contributed by atoms with Gasteiger partial charge in [0.05, 0.1) is 4.92 Å². The molecule has 0 saturated heterocycles. The molecule has 23 heavy (non-hydrogen) atoms. The molecule has 0 aliphatic heterocycles. The second-order valence-corrected chi connectivity index (χ2v) is 5.29. The molecule has 0 atom stereocenters. The summed E-state index contributed by atoms with van der Waals surface area (Å²) < 4.78 is 0. The van der Waals surface area contributed by atoms with E-state index >= 15 is 0 Å². The SMILES string of the molecule is Cc1ccc(NC(=O)c2ccc3ccccc3c2)c([N+](=O)[O-])c1. The van der Waals surface area contributed by atoms with E-state index in [0.29, 0.717) is 5.56 Å². The van der Waals surface area contributed by atoms with Crippen LogP contribution < -0.4 is 5.32 Å². The summed E-state index contributed by atoms with van der Waals surface area (Å²) in [6.07, 6.45) is 0. The van der Waals surface area contributed by atoms with Crippen molar-refractivity contribution in [3.8, 4) is 0 Å². The third-order valence-corrected chi connectivity index (χ3v) is 3.61. The molecule has 0 fully saturated rings. The minimum absolute atomic E-state index is 0.112. The highest BCUT2D eigenvalue weighted by atomic mass is 16.6. The predicted molar refractivity (Wildman–Crippen MR) is 89.7 cm³/mol. The molecule has 0 bridgehead atoms. The van der Waals surface area contributed by atoms with Crippen molar-refractivity contribution in [3.63, 3.8) is 0 Å². The van der Waals surface area contributed by atoms with Crippen LogP contribution in [0.5, 0.6) is 0 Å². The largest absolute Gasteiger partial charge is 0.316 e. The number of aryl methyl sites for hydroxylation is 1. The van der Waals surface area contributed by atoms with Crippen molar-refractivity contribution < 1.29 is 9.72 Å². The Labute approximate surface area is 132 Å². The number of benzene rings is 3. The number of hydrogen-bond donors (Lipinski definition) is 1. The minimum atomic E-state index is -0.497. The van der Waals surface area contributed by atoms with E-state index in [1.54, 1.807) is 31.2 Å². The standard InChI is InChI=1S/C18H14N2O3/c1-12-6-9-16(17(10-12)20(22)23)19-18(21)15-8-7-13-4-2-3-5-14(13)11-15/h2-11H,1H3,(H,19,21). The summed E-state index contributed by atoms with van der Waals surface area (Å²) in [6, 6.07) is 17.7. The van der Waals surface area contributed by atoms with Gasteiger partial charge in [-0.25, -0.2) is 0 Å². The molecule has 0 radical (unpaired) electrons. The van der Waals surface area contributed by atoms with E-state index in [1.165, 1.54) is 6.07 Å². The van der Waals surface area contributed by atoms with Gasteiger partial charge in [-0.1, -0.05) is 36.4 Å². The summed E-state index contributed by atoms with van der Waals surface area (Å²) in [5.74, 6) is -0.372. The highest BCUT2D eigenvalue weighted by Gasteiger charge is 2.16. The summed E-state index contributed by atoms with van der Waals surface area (Å²) in [6.45, 7) is 1.77. The number of carbonyl (C=O) groups is 1. The van der Waals surface area contributed by atoms with Gasteiger partial charge in [0.2, 0.25) is 0 Å². The van der Waals surface area contributed by atoms with E-state index in [9.17, 15) is 14.9 Å². The maximum atomic E-state index is 12.4. The Hall–Kier alpha value is -3.21. The lowest BCUT2D eigenvalue weighted by atomic mass is 10.1. The van der Waals surface area contributed by atoms with Gasteiger partial charge in [0, 0.05) is 11.6 Å². The molecule has 1 N–H and O–H groups in total. The molecule has 0 spiro atoms. The summed E-state index contributed by atoms with van der Waals surface area (Å²) in [7, 11) is 0. The zero-order valence-electron chi connectivity index (χ0n) is 12.4. The molecule has 3 aromatic carbocycles. The number of nitrogens with zero attached hydrogens (tertiary/aromatic N) is 1. The van der Waals surface area contributed by atoms with Crippen LogP contribution in [-0.4, -0.2) is 10.8 Å². The maximum absolute atomic E-state index is 12.4. The lowest BCUT2D eigenvalue weighted by Crippen LogP contribution is -2.13. The third-order valence-electron chi connectivity index (χ3n) is 3.61. The smallest absolute Gasteiger partial charge is 0.293 e. The monoisotopic (exact) mass is 306 g/mol. The average molecular weight is 306 g/mol. The first-order valence-corrected chi connectivity index (χ1v) is 7.10. The number of carbonyl (C=O) groups excluding carboxylic acids is 1. The van der Waals surface area contributed by atoms with Gasteiger partial charge in [0.25, 0.3) is 11.6 Å². The van der Waals surface area contributed by atoms with Gasteiger partial charge < -0.3 is 5.32 Å². The Morgan fingerprint density at radius 1 is 1.00 bits per heavy atom. The van der Waals surface area contributed by atoms with Crippen LogP contribution in [0.3, 0.4) is 0 Å². The molecule has 0 unspecified atom stereocenters. The minimum Gasteiger partial charge on any atom is -0.316 e. The fourth-order valence-corrected chi connectivity index (χ4v) is 2.42. The lowest BCUT2D eigenvalue weighted by Gasteiger charge is -2.07. The third kappa shape index (κ3) is 3.03. The second kappa shape index (κ2) is 5.88. The summed E-state index contributed by atoms with van der Waals surface area (Å²) in [5, 5.41) is 15.7. The molecule has 0 aliphatic carbocycles. The number of nitrogens with one attached hydrogen (secondary N) is 1. The number of rotatable bonds is 3. The number of anilines is 1. The Bertz CT molecular complexity index is 919. The average Bonchev–Trinajstić information content (AvgIpc) is 2.55. The number of nitro benzene ring substituents is 1. The molecule has 5 heteroatoms. The molecular weight excluding hydrogens is 292 g/mol. The molecule has 3 aromatic rings. The van der Waals surface area contributed by atoms with Crippen molar-refractivity contribution in [3.05, 3.63) is 81.9 Å². The Morgan fingerprint density at radius 3 is 2.48 bits per heavy atom. The van der Waals surface area contributed by atoms with Crippen LogP contribution >= 0.6 is 0 Å². The zero-order chi connectivity index (χ0) is 16.4. The van der Waals surface area contributed by atoms with Crippen molar-refractivity contribution in [2.45, 2.75) is 6.92 Å². The fourth-order valence-electron chi connectivity index (χ4n) is 2.42. The zero-order valence-corrected chi connectivity index (χ0v) is 12.4. The number of amides is 1. The van der Waals surface area contributed by atoms with Crippen LogP contribution in [0.25, 0.3) is 10.8 Å².